The Kier molecular flexibility index (Phi) is 4.84. The topological polar surface area (TPSA) is 57.5 Å². The van der Waals surface area contributed by atoms with Crippen LogP contribution in [0.4, 0.5) is 0 Å². The zero-order valence-electron chi connectivity index (χ0n) is 7.21. The fourth-order valence-corrected chi connectivity index (χ4v) is 0.944. The number of rotatable bonds is 5. The molecule has 68 valence electrons. The van der Waals surface area contributed by atoms with E-state index in [1.165, 1.54) is 0 Å². The van der Waals surface area contributed by atoms with Gasteiger partial charge in [-0.1, -0.05) is 19.4 Å². The Bertz CT molecular complexity index is 204. The highest BCUT2D eigenvalue weighted by Crippen LogP contribution is 2.14. The van der Waals surface area contributed by atoms with Crippen LogP contribution in [0.3, 0.4) is 0 Å². The van der Waals surface area contributed by atoms with Gasteiger partial charge in [0.25, 0.3) is 0 Å². The van der Waals surface area contributed by atoms with Crippen LogP contribution in [-0.4, -0.2) is 16.2 Å². The Labute approximate surface area is 72.0 Å². The van der Waals surface area contributed by atoms with Gasteiger partial charge in [0, 0.05) is 0 Å². The van der Waals surface area contributed by atoms with Crippen LogP contribution in [0.2, 0.25) is 0 Å². The van der Waals surface area contributed by atoms with E-state index in [1.807, 2.05) is 6.92 Å². The normalized spacial score (nSPS) is 12.1. The predicted octanol–water partition coefficient (Wildman–Crippen LogP) is 2.26. The van der Waals surface area contributed by atoms with E-state index >= 15 is 0 Å². The minimum absolute atomic E-state index is 0.436. The van der Waals surface area contributed by atoms with Crippen molar-refractivity contribution in [3.63, 3.8) is 0 Å². The third kappa shape index (κ3) is 3.23. The van der Waals surface area contributed by atoms with Crippen LogP contribution >= 0.6 is 0 Å². The van der Waals surface area contributed by atoms with E-state index in [-0.39, 0.29) is 0 Å². The third-order valence-corrected chi connectivity index (χ3v) is 1.48. The molecule has 0 spiro atoms. The molecule has 0 unspecified atom stereocenters. The number of allylic oxidation sites excluding steroid dienone is 2. The van der Waals surface area contributed by atoms with Crippen molar-refractivity contribution in [2.75, 3.05) is 0 Å². The van der Waals surface area contributed by atoms with Crippen LogP contribution in [0.15, 0.2) is 24.0 Å². The van der Waals surface area contributed by atoms with Crippen molar-refractivity contribution in [3.8, 4) is 0 Å². The van der Waals surface area contributed by atoms with E-state index in [0.717, 1.165) is 6.42 Å². The summed E-state index contributed by atoms with van der Waals surface area (Å²) in [6, 6.07) is 0. The van der Waals surface area contributed by atoms with Crippen molar-refractivity contribution in [1.29, 1.82) is 0 Å². The second-order valence-corrected chi connectivity index (χ2v) is 2.50. The van der Waals surface area contributed by atoms with Gasteiger partial charge in [0.1, 0.15) is 0 Å². The van der Waals surface area contributed by atoms with Crippen molar-refractivity contribution in [1.82, 2.24) is 0 Å². The first kappa shape index (κ1) is 10.8. The molecule has 3 nitrogen and oxygen atoms in total. The van der Waals surface area contributed by atoms with E-state index in [2.05, 4.69) is 6.58 Å². The molecule has 0 aromatic rings. The summed E-state index contributed by atoms with van der Waals surface area (Å²) < 4.78 is 0. The number of carboxylic acid groups (broad SMARTS) is 1. The monoisotopic (exact) mass is 170 g/mol. The van der Waals surface area contributed by atoms with Crippen LogP contribution in [0.5, 0.6) is 0 Å². The summed E-state index contributed by atoms with van der Waals surface area (Å²) in [6.07, 6.45) is 3.45. The summed E-state index contributed by atoms with van der Waals surface area (Å²) in [4.78, 5) is 10.3. The van der Waals surface area contributed by atoms with Crippen molar-refractivity contribution >= 4 is 5.97 Å². The molecule has 0 rings (SSSR count). The van der Waals surface area contributed by atoms with Crippen molar-refractivity contribution in [2.45, 2.75) is 26.2 Å². The minimum Gasteiger partial charge on any atom is -0.502 e. The second-order valence-electron chi connectivity index (χ2n) is 2.50. The summed E-state index contributed by atoms with van der Waals surface area (Å²) >= 11 is 0. The summed E-state index contributed by atoms with van der Waals surface area (Å²) in [5, 5.41) is 17.5. The molecule has 0 radical (unpaired) electrons. The van der Waals surface area contributed by atoms with E-state index in [1.54, 1.807) is 6.08 Å². The number of carbonyl (C=O) groups is 1. The van der Waals surface area contributed by atoms with Gasteiger partial charge in [0.05, 0.1) is 0 Å². The average molecular weight is 170 g/mol. The van der Waals surface area contributed by atoms with Gasteiger partial charge in [-0.15, -0.1) is 6.58 Å². The molecule has 0 bridgehead atoms. The van der Waals surface area contributed by atoms with Crippen LogP contribution in [-0.2, 0) is 4.79 Å². The molecule has 0 fully saturated rings. The van der Waals surface area contributed by atoms with Gasteiger partial charge >= 0.3 is 5.97 Å². The first-order valence-corrected chi connectivity index (χ1v) is 3.88. The first-order valence-electron chi connectivity index (χ1n) is 3.88. The highest BCUT2D eigenvalue weighted by Gasteiger charge is 2.10. The van der Waals surface area contributed by atoms with Gasteiger partial charge < -0.3 is 10.2 Å². The fraction of sp³-hybridized carbons (Fsp3) is 0.444. The van der Waals surface area contributed by atoms with Gasteiger partial charge in [-0.05, 0) is 18.4 Å². The SMILES string of the molecule is C=CC/C(CCC)=C(/O)C(=O)O. The Balaban J connectivity index is 4.53. The van der Waals surface area contributed by atoms with Gasteiger partial charge in [-0.25, -0.2) is 4.79 Å². The summed E-state index contributed by atoms with van der Waals surface area (Å²) in [5.74, 6) is -1.79. The Hall–Kier alpha value is -1.25. The molecular weight excluding hydrogens is 156 g/mol. The summed E-state index contributed by atoms with van der Waals surface area (Å²) in [5.41, 5.74) is 0.542. The quantitative estimate of drug-likeness (QED) is 0.378. The molecule has 12 heavy (non-hydrogen) atoms. The lowest BCUT2D eigenvalue weighted by atomic mass is 10.1. The number of hydrogen-bond donors (Lipinski definition) is 2. The second kappa shape index (κ2) is 5.41. The number of aliphatic hydroxyl groups excluding tert-OH is 1. The lowest BCUT2D eigenvalue weighted by Gasteiger charge is -2.03. The van der Waals surface area contributed by atoms with Crippen molar-refractivity contribution < 1.29 is 15.0 Å². The molecule has 0 heterocycles. The Morgan fingerprint density at radius 3 is 2.42 bits per heavy atom. The Morgan fingerprint density at radius 1 is 1.50 bits per heavy atom. The molecule has 0 aliphatic carbocycles. The smallest absolute Gasteiger partial charge is 0.370 e. The van der Waals surface area contributed by atoms with E-state index in [0.29, 0.717) is 18.4 Å². The largest absolute Gasteiger partial charge is 0.502 e. The number of hydrogen-bond acceptors (Lipinski definition) is 2. The molecule has 0 aliphatic rings. The number of carboxylic acids is 1. The molecule has 0 aromatic carbocycles. The molecule has 0 saturated carbocycles. The summed E-state index contributed by atoms with van der Waals surface area (Å²) in [6.45, 7) is 5.42. The molecule has 0 amide bonds. The molecule has 0 saturated heterocycles. The molecule has 3 heteroatoms. The molecule has 2 N–H and O–H groups in total. The van der Waals surface area contributed by atoms with Crippen LogP contribution in [0.1, 0.15) is 26.2 Å². The van der Waals surface area contributed by atoms with E-state index in [4.69, 9.17) is 10.2 Å². The van der Waals surface area contributed by atoms with Crippen LogP contribution in [0, 0.1) is 0 Å². The van der Waals surface area contributed by atoms with E-state index < -0.39 is 11.7 Å². The molecule has 0 aromatic heterocycles. The summed E-state index contributed by atoms with van der Waals surface area (Å²) in [7, 11) is 0. The Morgan fingerprint density at radius 2 is 2.08 bits per heavy atom. The minimum atomic E-state index is -1.26. The van der Waals surface area contributed by atoms with Gasteiger partial charge in [-0.3, -0.25) is 0 Å². The maximum atomic E-state index is 10.3. The maximum Gasteiger partial charge on any atom is 0.370 e. The number of aliphatic hydroxyl groups is 1. The highest BCUT2D eigenvalue weighted by atomic mass is 16.4. The molecule has 0 atom stereocenters. The third-order valence-electron chi connectivity index (χ3n) is 1.48. The van der Waals surface area contributed by atoms with Gasteiger partial charge in [0.2, 0.25) is 5.76 Å². The van der Waals surface area contributed by atoms with Crippen molar-refractivity contribution in [2.24, 2.45) is 0 Å². The van der Waals surface area contributed by atoms with Crippen LogP contribution in [0.25, 0.3) is 0 Å². The maximum absolute atomic E-state index is 10.3. The molecular formula is C9H14O3. The zero-order valence-corrected chi connectivity index (χ0v) is 7.21. The van der Waals surface area contributed by atoms with E-state index in [9.17, 15) is 4.79 Å². The lowest BCUT2D eigenvalue weighted by molar-refractivity contribution is -0.135. The van der Waals surface area contributed by atoms with Crippen LogP contribution < -0.4 is 0 Å². The molecule has 0 aliphatic heterocycles. The van der Waals surface area contributed by atoms with Crippen molar-refractivity contribution in [3.05, 3.63) is 24.0 Å². The van der Waals surface area contributed by atoms with Gasteiger partial charge in [0.15, 0.2) is 0 Å². The standard InChI is InChI=1S/C9H14O3/c1-3-5-7(6-4-2)8(10)9(11)12/h3,10H,1,4-6H2,2H3,(H,11,12)/b8-7-. The zero-order chi connectivity index (χ0) is 9.56. The average Bonchev–Trinajstić information content (AvgIpc) is 2.03. The lowest BCUT2D eigenvalue weighted by Crippen LogP contribution is -2.03. The fourth-order valence-electron chi connectivity index (χ4n) is 0.944. The predicted molar refractivity (Wildman–Crippen MR) is 47.0 cm³/mol. The van der Waals surface area contributed by atoms with Gasteiger partial charge in [-0.2, -0.15) is 0 Å². The number of aliphatic carboxylic acids is 1. The highest BCUT2D eigenvalue weighted by molar-refractivity contribution is 5.84. The first-order chi connectivity index (χ1) is 5.63.